The van der Waals surface area contributed by atoms with Gasteiger partial charge in [0.25, 0.3) is 0 Å². The first-order valence-corrected chi connectivity index (χ1v) is 8.64. The number of hydrogen-bond acceptors (Lipinski definition) is 3. The van der Waals surface area contributed by atoms with Gasteiger partial charge in [0.1, 0.15) is 0 Å². The summed E-state index contributed by atoms with van der Waals surface area (Å²) in [6.45, 7) is 5.51. The summed E-state index contributed by atoms with van der Waals surface area (Å²) in [5.41, 5.74) is -0.0476. The third kappa shape index (κ3) is 4.35. The number of carboxylic acid groups (broad SMARTS) is 1. The molecule has 2 rings (SSSR count). The molecule has 0 aliphatic carbocycles. The van der Waals surface area contributed by atoms with E-state index in [9.17, 15) is 14.7 Å². The van der Waals surface area contributed by atoms with Crippen LogP contribution >= 0.6 is 0 Å². The van der Waals surface area contributed by atoms with Crippen LogP contribution in [0.5, 0.6) is 0 Å². The minimum Gasteiger partial charge on any atom is -0.481 e. The van der Waals surface area contributed by atoms with Gasteiger partial charge in [0, 0.05) is 26.1 Å². The van der Waals surface area contributed by atoms with E-state index in [1.54, 1.807) is 4.90 Å². The number of amides is 1. The van der Waals surface area contributed by atoms with Crippen LogP contribution in [0.15, 0.2) is 30.3 Å². The molecule has 1 heterocycles. The van der Waals surface area contributed by atoms with Crippen molar-refractivity contribution in [3.8, 4) is 0 Å². The predicted molar refractivity (Wildman–Crippen MR) is 91.9 cm³/mol. The summed E-state index contributed by atoms with van der Waals surface area (Å²) in [5.74, 6) is -0.708. The van der Waals surface area contributed by atoms with Crippen LogP contribution in [-0.2, 0) is 19.7 Å². The number of carbonyl (C=O) groups excluding carboxylic acids is 1. The molecular weight excluding hydrogens is 306 g/mol. The zero-order valence-corrected chi connectivity index (χ0v) is 14.5. The maximum absolute atomic E-state index is 12.3. The van der Waals surface area contributed by atoms with E-state index >= 15 is 0 Å². The van der Waals surface area contributed by atoms with Gasteiger partial charge in [-0.15, -0.1) is 0 Å². The Morgan fingerprint density at radius 2 is 1.83 bits per heavy atom. The molecule has 1 fully saturated rings. The molecule has 1 aromatic carbocycles. The van der Waals surface area contributed by atoms with Crippen LogP contribution in [0.4, 0.5) is 0 Å². The Morgan fingerprint density at radius 3 is 2.38 bits per heavy atom. The van der Waals surface area contributed by atoms with Crippen molar-refractivity contribution in [3.63, 3.8) is 0 Å². The van der Waals surface area contributed by atoms with Crippen molar-refractivity contribution in [1.29, 1.82) is 0 Å². The summed E-state index contributed by atoms with van der Waals surface area (Å²) < 4.78 is 5.45. The smallest absolute Gasteiger partial charge is 0.314 e. The van der Waals surface area contributed by atoms with E-state index in [0.29, 0.717) is 45.4 Å². The molecule has 1 saturated heterocycles. The highest BCUT2D eigenvalue weighted by molar-refractivity contribution is 5.82. The van der Waals surface area contributed by atoms with Gasteiger partial charge in [-0.25, -0.2) is 0 Å². The maximum atomic E-state index is 12.3. The number of piperidine rings is 1. The molecule has 0 radical (unpaired) electrons. The number of carbonyl (C=O) groups is 2. The molecule has 1 N–H and O–H groups in total. The van der Waals surface area contributed by atoms with Crippen LogP contribution in [0, 0.1) is 0 Å². The van der Waals surface area contributed by atoms with Crippen LogP contribution in [0.3, 0.4) is 0 Å². The zero-order valence-electron chi connectivity index (χ0n) is 14.5. The summed E-state index contributed by atoms with van der Waals surface area (Å²) in [5, 5.41) is 9.77. The van der Waals surface area contributed by atoms with Crippen LogP contribution in [0.1, 0.15) is 45.1 Å². The van der Waals surface area contributed by atoms with Gasteiger partial charge in [0.15, 0.2) is 0 Å². The summed E-state index contributed by atoms with van der Waals surface area (Å²) in [6, 6.07) is 9.36. The largest absolute Gasteiger partial charge is 0.481 e. The van der Waals surface area contributed by atoms with Gasteiger partial charge in [0.2, 0.25) is 5.91 Å². The Hall–Kier alpha value is -1.88. The molecule has 0 spiro atoms. The SMILES string of the molecule is CC(C)OCCCC(=O)N1CCC(C(=O)O)(c2ccccc2)CC1. The number of nitrogens with zero attached hydrogens (tertiary/aromatic N) is 1. The summed E-state index contributed by atoms with van der Waals surface area (Å²) >= 11 is 0. The lowest BCUT2D eigenvalue weighted by Crippen LogP contribution is -2.49. The van der Waals surface area contributed by atoms with Gasteiger partial charge in [0.05, 0.1) is 11.5 Å². The first-order chi connectivity index (χ1) is 11.5. The fourth-order valence-corrected chi connectivity index (χ4v) is 3.22. The molecule has 1 aromatic rings. The molecule has 24 heavy (non-hydrogen) atoms. The lowest BCUT2D eigenvalue weighted by atomic mass is 9.73. The number of hydrogen-bond donors (Lipinski definition) is 1. The normalized spacial score (nSPS) is 17.0. The van der Waals surface area contributed by atoms with Gasteiger partial charge >= 0.3 is 5.97 Å². The number of likely N-dealkylation sites (tertiary alicyclic amines) is 1. The van der Waals surface area contributed by atoms with Crippen LogP contribution in [0.25, 0.3) is 0 Å². The Labute approximate surface area is 143 Å². The minimum absolute atomic E-state index is 0.0920. The number of aliphatic carboxylic acids is 1. The van der Waals surface area contributed by atoms with Gasteiger partial charge in [-0.05, 0) is 38.7 Å². The molecule has 132 valence electrons. The fraction of sp³-hybridized carbons (Fsp3) is 0.579. The second kappa shape index (κ2) is 8.29. The Balaban J connectivity index is 1.91. The fourth-order valence-electron chi connectivity index (χ4n) is 3.22. The van der Waals surface area contributed by atoms with E-state index in [0.717, 1.165) is 5.56 Å². The molecule has 0 aromatic heterocycles. The maximum Gasteiger partial charge on any atom is 0.314 e. The molecule has 1 amide bonds. The number of rotatable bonds is 7. The van der Waals surface area contributed by atoms with E-state index in [2.05, 4.69) is 0 Å². The first-order valence-electron chi connectivity index (χ1n) is 8.64. The molecule has 5 nitrogen and oxygen atoms in total. The van der Waals surface area contributed by atoms with Crippen molar-refractivity contribution in [2.75, 3.05) is 19.7 Å². The van der Waals surface area contributed by atoms with Gasteiger partial charge in [-0.1, -0.05) is 30.3 Å². The number of ether oxygens (including phenoxy) is 1. The van der Waals surface area contributed by atoms with E-state index in [1.165, 1.54) is 0 Å². The van der Waals surface area contributed by atoms with E-state index in [-0.39, 0.29) is 12.0 Å². The van der Waals surface area contributed by atoms with Crippen molar-refractivity contribution in [2.45, 2.75) is 51.0 Å². The molecule has 0 bridgehead atoms. The van der Waals surface area contributed by atoms with Gasteiger partial charge < -0.3 is 14.7 Å². The van der Waals surface area contributed by atoms with Crippen molar-refractivity contribution in [3.05, 3.63) is 35.9 Å². The highest BCUT2D eigenvalue weighted by atomic mass is 16.5. The molecule has 5 heteroatoms. The van der Waals surface area contributed by atoms with E-state index < -0.39 is 11.4 Å². The second-order valence-electron chi connectivity index (χ2n) is 6.66. The lowest BCUT2D eigenvalue weighted by molar-refractivity contribution is -0.148. The monoisotopic (exact) mass is 333 g/mol. The third-order valence-corrected chi connectivity index (χ3v) is 4.69. The van der Waals surface area contributed by atoms with Crippen LogP contribution in [0.2, 0.25) is 0 Å². The van der Waals surface area contributed by atoms with Crippen molar-refractivity contribution in [2.24, 2.45) is 0 Å². The summed E-state index contributed by atoms with van der Waals surface area (Å²) in [4.78, 5) is 26.0. The second-order valence-corrected chi connectivity index (χ2v) is 6.66. The average Bonchev–Trinajstić information content (AvgIpc) is 2.59. The first kappa shape index (κ1) is 18.5. The van der Waals surface area contributed by atoms with E-state index in [4.69, 9.17) is 4.74 Å². The minimum atomic E-state index is -0.876. The summed E-state index contributed by atoms with van der Waals surface area (Å²) in [6.07, 6.45) is 2.26. The molecule has 1 aliphatic rings. The zero-order chi connectivity index (χ0) is 17.6. The van der Waals surface area contributed by atoms with Gasteiger partial charge in [-0.3, -0.25) is 9.59 Å². The average molecular weight is 333 g/mol. The molecule has 0 unspecified atom stereocenters. The van der Waals surface area contributed by atoms with E-state index in [1.807, 2.05) is 44.2 Å². The van der Waals surface area contributed by atoms with Crippen LogP contribution < -0.4 is 0 Å². The number of carboxylic acids is 1. The summed E-state index contributed by atoms with van der Waals surface area (Å²) in [7, 11) is 0. The lowest BCUT2D eigenvalue weighted by Gasteiger charge is -2.39. The molecule has 0 saturated carbocycles. The Kier molecular flexibility index (Phi) is 6.37. The molecule has 0 atom stereocenters. The van der Waals surface area contributed by atoms with Crippen molar-refractivity contribution >= 4 is 11.9 Å². The van der Waals surface area contributed by atoms with Gasteiger partial charge in [-0.2, -0.15) is 0 Å². The topological polar surface area (TPSA) is 66.8 Å². The number of benzene rings is 1. The highest BCUT2D eigenvalue weighted by Crippen LogP contribution is 2.36. The van der Waals surface area contributed by atoms with Crippen LogP contribution in [-0.4, -0.2) is 47.7 Å². The predicted octanol–water partition coefficient (Wildman–Crippen LogP) is 2.84. The quantitative estimate of drug-likeness (QED) is 0.779. The molecular formula is C19H27NO4. The molecule has 1 aliphatic heterocycles. The van der Waals surface area contributed by atoms with Crippen molar-refractivity contribution < 1.29 is 19.4 Å². The highest BCUT2D eigenvalue weighted by Gasteiger charge is 2.43. The Morgan fingerprint density at radius 1 is 1.21 bits per heavy atom. The third-order valence-electron chi connectivity index (χ3n) is 4.69. The Bertz CT molecular complexity index is 548. The van der Waals surface area contributed by atoms with Crippen molar-refractivity contribution in [1.82, 2.24) is 4.90 Å². The standard InChI is InChI=1S/C19H27NO4/c1-15(2)24-14-6-9-17(21)20-12-10-19(11-13-20,18(22)23)16-7-4-3-5-8-16/h3-5,7-8,15H,6,9-14H2,1-2H3,(H,22,23).